The molecule has 1 aromatic rings. The Kier molecular flexibility index (Phi) is 4.13. The minimum absolute atomic E-state index is 0.274. The monoisotopic (exact) mass is 276 g/mol. The Morgan fingerprint density at radius 1 is 1.35 bits per heavy atom. The molecule has 1 saturated heterocycles. The number of hydrogen-bond acceptors (Lipinski definition) is 4. The predicted molar refractivity (Wildman–Crippen MR) is 79.2 cm³/mol. The van der Waals surface area contributed by atoms with Crippen molar-refractivity contribution in [2.45, 2.75) is 25.3 Å². The number of ether oxygens (including phenoxy) is 1. The first-order chi connectivity index (χ1) is 9.72. The molecule has 0 saturated carbocycles. The molecular formula is C16H24N2O2. The van der Waals surface area contributed by atoms with E-state index in [9.17, 15) is 5.11 Å². The summed E-state index contributed by atoms with van der Waals surface area (Å²) in [5.41, 5.74) is 1.17. The Morgan fingerprint density at radius 2 is 2.15 bits per heavy atom. The average Bonchev–Trinajstić information content (AvgIpc) is 2.83. The number of likely N-dealkylation sites (tertiary alicyclic amines) is 1. The van der Waals surface area contributed by atoms with Crippen molar-refractivity contribution < 1.29 is 9.84 Å². The Morgan fingerprint density at radius 3 is 2.95 bits per heavy atom. The number of nitrogens with one attached hydrogen (secondary N) is 1. The molecule has 2 aliphatic heterocycles. The van der Waals surface area contributed by atoms with E-state index >= 15 is 0 Å². The number of benzene rings is 1. The molecule has 4 heteroatoms. The van der Waals surface area contributed by atoms with Crippen LogP contribution in [0.2, 0.25) is 0 Å². The largest absolute Gasteiger partial charge is 0.508 e. The van der Waals surface area contributed by atoms with Crippen LogP contribution in [-0.4, -0.2) is 43.3 Å². The van der Waals surface area contributed by atoms with E-state index in [1.165, 1.54) is 37.9 Å². The van der Waals surface area contributed by atoms with E-state index in [0.29, 0.717) is 6.61 Å². The van der Waals surface area contributed by atoms with Crippen LogP contribution in [0.25, 0.3) is 0 Å². The van der Waals surface area contributed by atoms with Crippen LogP contribution in [0, 0.1) is 5.92 Å². The molecule has 0 aromatic heterocycles. The van der Waals surface area contributed by atoms with Crippen LogP contribution in [0.1, 0.15) is 30.9 Å². The highest BCUT2D eigenvalue weighted by Gasteiger charge is 2.24. The van der Waals surface area contributed by atoms with E-state index < -0.39 is 0 Å². The number of phenols is 1. The molecule has 0 spiro atoms. The zero-order valence-electron chi connectivity index (χ0n) is 12.1. The SMILES string of the molecule is CN1CCC(CCNC2COc3cc(O)ccc32)CC1. The van der Waals surface area contributed by atoms with Gasteiger partial charge in [0.25, 0.3) is 0 Å². The number of aromatic hydroxyl groups is 1. The number of hydrogen-bond donors (Lipinski definition) is 2. The third-order valence-electron chi connectivity index (χ3n) is 4.56. The lowest BCUT2D eigenvalue weighted by Crippen LogP contribution is -2.32. The van der Waals surface area contributed by atoms with Gasteiger partial charge >= 0.3 is 0 Å². The highest BCUT2D eigenvalue weighted by atomic mass is 16.5. The maximum absolute atomic E-state index is 9.45. The molecular weight excluding hydrogens is 252 g/mol. The van der Waals surface area contributed by atoms with E-state index in [1.807, 2.05) is 6.07 Å². The second-order valence-corrected chi connectivity index (χ2v) is 6.08. The first kappa shape index (κ1) is 13.7. The van der Waals surface area contributed by atoms with Crippen molar-refractivity contribution in [1.29, 1.82) is 0 Å². The van der Waals surface area contributed by atoms with Crippen LogP contribution in [0.3, 0.4) is 0 Å². The minimum Gasteiger partial charge on any atom is -0.508 e. The van der Waals surface area contributed by atoms with Gasteiger partial charge in [-0.1, -0.05) is 0 Å². The van der Waals surface area contributed by atoms with Gasteiger partial charge in [0.1, 0.15) is 18.1 Å². The molecule has 1 fully saturated rings. The fourth-order valence-electron chi connectivity index (χ4n) is 3.18. The number of rotatable bonds is 4. The normalized spacial score (nSPS) is 23.6. The van der Waals surface area contributed by atoms with E-state index in [0.717, 1.165) is 18.2 Å². The van der Waals surface area contributed by atoms with Gasteiger partial charge in [-0.3, -0.25) is 0 Å². The topological polar surface area (TPSA) is 44.7 Å². The van der Waals surface area contributed by atoms with Gasteiger partial charge in [0.15, 0.2) is 0 Å². The molecule has 1 unspecified atom stereocenters. The summed E-state index contributed by atoms with van der Waals surface area (Å²) < 4.78 is 5.62. The molecule has 1 aromatic carbocycles. The standard InChI is InChI=1S/C16H24N2O2/c1-18-8-5-12(6-9-18)4-7-17-15-11-20-16-10-13(19)2-3-14(15)16/h2-3,10,12,15,17,19H,4-9,11H2,1H3. The lowest BCUT2D eigenvalue weighted by atomic mass is 9.93. The summed E-state index contributed by atoms with van der Waals surface area (Å²) in [5.74, 6) is 1.96. The molecule has 20 heavy (non-hydrogen) atoms. The van der Waals surface area contributed by atoms with Crippen molar-refractivity contribution in [2.24, 2.45) is 5.92 Å². The Balaban J connectivity index is 1.46. The zero-order chi connectivity index (χ0) is 13.9. The van der Waals surface area contributed by atoms with Crippen LogP contribution in [0.4, 0.5) is 0 Å². The summed E-state index contributed by atoms with van der Waals surface area (Å²) in [5, 5.41) is 13.0. The summed E-state index contributed by atoms with van der Waals surface area (Å²) in [6, 6.07) is 5.68. The molecule has 0 bridgehead atoms. The summed E-state index contributed by atoms with van der Waals surface area (Å²) in [6.45, 7) is 4.19. The highest BCUT2D eigenvalue weighted by Crippen LogP contribution is 2.34. The van der Waals surface area contributed by atoms with E-state index in [2.05, 4.69) is 17.3 Å². The molecule has 3 rings (SSSR count). The molecule has 0 aliphatic carbocycles. The van der Waals surface area contributed by atoms with Crippen molar-refractivity contribution >= 4 is 0 Å². The molecule has 4 nitrogen and oxygen atoms in total. The van der Waals surface area contributed by atoms with Crippen molar-refractivity contribution in [3.63, 3.8) is 0 Å². The fraction of sp³-hybridized carbons (Fsp3) is 0.625. The molecule has 2 aliphatic rings. The van der Waals surface area contributed by atoms with Crippen LogP contribution in [0.5, 0.6) is 11.5 Å². The average molecular weight is 276 g/mol. The Labute approximate surface area is 120 Å². The van der Waals surface area contributed by atoms with Crippen LogP contribution >= 0.6 is 0 Å². The van der Waals surface area contributed by atoms with Gasteiger partial charge in [-0.2, -0.15) is 0 Å². The van der Waals surface area contributed by atoms with Crippen molar-refractivity contribution in [3.05, 3.63) is 23.8 Å². The number of phenolic OH excluding ortho intramolecular Hbond substituents is 1. The quantitative estimate of drug-likeness (QED) is 0.884. The second-order valence-electron chi connectivity index (χ2n) is 6.08. The highest BCUT2D eigenvalue weighted by molar-refractivity contribution is 5.44. The molecule has 110 valence electrons. The van der Waals surface area contributed by atoms with Crippen LogP contribution < -0.4 is 10.1 Å². The van der Waals surface area contributed by atoms with Gasteiger partial charge in [0.2, 0.25) is 0 Å². The summed E-state index contributed by atoms with van der Waals surface area (Å²) in [4.78, 5) is 2.41. The molecule has 1 atom stereocenters. The van der Waals surface area contributed by atoms with Gasteiger partial charge < -0.3 is 20.1 Å². The lowest BCUT2D eigenvalue weighted by molar-refractivity contribution is 0.209. The van der Waals surface area contributed by atoms with Gasteiger partial charge in [0, 0.05) is 11.6 Å². The van der Waals surface area contributed by atoms with Gasteiger partial charge in [-0.25, -0.2) is 0 Å². The Bertz CT molecular complexity index is 456. The number of nitrogens with zero attached hydrogens (tertiary/aromatic N) is 1. The maximum atomic E-state index is 9.45. The smallest absolute Gasteiger partial charge is 0.127 e. The van der Waals surface area contributed by atoms with Gasteiger partial charge in [0.05, 0.1) is 6.04 Å². The van der Waals surface area contributed by atoms with Gasteiger partial charge in [-0.05, 0) is 64.0 Å². The number of piperidine rings is 1. The second kappa shape index (κ2) is 6.02. The fourth-order valence-corrected chi connectivity index (χ4v) is 3.18. The zero-order valence-corrected chi connectivity index (χ0v) is 12.1. The number of fused-ring (bicyclic) bond motifs is 1. The summed E-state index contributed by atoms with van der Waals surface area (Å²) in [7, 11) is 2.21. The van der Waals surface area contributed by atoms with Crippen LogP contribution in [-0.2, 0) is 0 Å². The predicted octanol–water partition coefficient (Wildman–Crippen LogP) is 2.15. The van der Waals surface area contributed by atoms with Gasteiger partial charge in [-0.15, -0.1) is 0 Å². The third-order valence-corrected chi connectivity index (χ3v) is 4.56. The van der Waals surface area contributed by atoms with Crippen molar-refractivity contribution in [2.75, 3.05) is 33.3 Å². The van der Waals surface area contributed by atoms with Crippen LogP contribution in [0.15, 0.2) is 18.2 Å². The summed E-state index contributed by atoms with van der Waals surface area (Å²) >= 11 is 0. The third kappa shape index (κ3) is 3.07. The first-order valence-electron chi connectivity index (χ1n) is 7.60. The van der Waals surface area contributed by atoms with E-state index in [-0.39, 0.29) is 11.8 Å². The molecule has 0 radical (unpaired) electrons. The molecule has 2 heterocycles. The maximum Gasteiger partial charge on any atom is 0.127 e. The van der Waals surface area contributed by atoms with Crippen molar-refractivity contribution in [1.82, 2.24) is 10.2 Å². The lowest BCUT2D eigenvalue weighted by Gasteiger charge is -2.29. The Hall–Kier alpha value is -1.26. The minimum atomic E-state index is 0.274. The molecule has 0 amide bonds. The molecule has 2 N–H and O–H groups in total. The van der Waals surface area contributed by atoms with E-state index in [1.54, 1.807) is 12.1 Å². The van der Waals surface area contributed by atoms with Crippen molar-refractivity contribution in [3.8, 4) is 11.5 Å². The first-order valence-corrected chi connectivity index (χ1v) is 7.60. The summed E-state index contributed by atoms with van der Waals surface area (Å²) in [6.07, 6.45) is 3.89. The van der Waals surface area contributed by atoms with E-state index in [4.69, 9.17) is 4.74 Å².